The van der Waals surface area contributed by atoms with Crippen LogP contribution in [0.3, 0.4) is 0 Å². The van der Waals surface area contributed by atoms with Crippen LogP contribution in [-0.2, 0) is 6.42 Å². The summed E-state index contributed by atoms with van der Waals surface area (Å²) in [5.41, 5.74) is 3.88. The second-order valence-corrected chi connectivity index (χ2v) is 6.15. The van der Waals surface area contributed by atoms with E-state index in [0.717, 1.165) is 11.1 Å². The molecular weight excluding hydrogens is 288 g/mol. The number of aromatic carboxylic acids is 1. The zero-order chi connectivity index (χ0) is 17.1. The van der Waals surface area contributed by atoms with Crippen molar-refractivity contribution in [1.82, 2.24) is 4.98 Å². The number of rotatable bonds is 4. The molecule has 1 heterocycles. The predicted molar refractivity (Wildman–Crippen MR) is 89.4 cm³/mol. The van der Waals surface area contributed by atoms with Crippen LogP contribution in [0.2, 0.25) is 0 Å². The fourth-order valence-electron chi connectivity index (χ4n) is 2.69. The minimum Gasteiger partial charge on any atom is -0.478 e. The normalized spacial score (nSPS) is 10.6. The van der Waals surface area contributed by atoms with Crippen LogP contribution in [0.15, 0.2) is 24.3 Å². The van der Waals surface area contributed by atoms with Crippen LogP contribution in [0.4, 0.5) is 0 Å². The van der Waals surface area contributed by atoms with Gasteiger partial charge >= 0.3 is 5.97 Å². The second-order valence-electron chi connectivity index (χ2n) is 6.15. The number of carboxylic acids is 1. The average Bonchev–Trinajstić information content (AvgIpc) is 2.46. The molecule has 4 nitrogen and oxygen atoms in total. The number of nitriles is 1. The van der Waals surface area contributed by atoms with Crippen LogP contribution in [-0.4, -0.2) is 16.1 Å². The van der Waals surface area contributed by atoms with Crippen LogP contribution < -0.4 is 0 Å². The van der Waals surface area contributed by atoms with E-state index in [9.17, 15) is 15.2 Å². The molecule has 0 aliphatic heterocycles. The number of carbonyl (C=O) groups is 1. The molecule has 2 rings (SSSR count). The lowest BCUT2D eigenvalue weighted by molar-refractivity contribution is 0.0696. The first-order chi connectivity index (χ1) is 10.8. The van der Waals surface area contributed by atoms with E-state index in [2.05, 4.69) is 24.9 Å². The SMILES string of the molecule is Cc1ccc(-c2c(C#N)c(CC(C)C)nc(C)c2C(=O)O)cc1. The van der Waals surface area contributed by atoms with Crippen molar-refractivity contribution in [3.05, 3.63) is 52.3 Å². The van der Waals surface area contributed by atoms with Gasteiger partial charge in [0.1, 0.15) is 6.07 Å². The quantitative estimate of drug-likeness (QED) is 0.921. The van der Waals surface area contributed by atoms with E-state index in [0.29, 0.717) is 34.9 Å². The van der Waals surface area contributed by atoms with Crippen LogP contribution in [0.25, 0.3) is 11.1 Å². The van der Waals surface area contributed by atoms with Gasteiger partial charge in [-0.05, 0) is 31.7 Å². The van der Waals surface area contributed by atoms with E-state index in [-0.39, 0.29) is 5.56 Å². The van der Waals surface area contributed by atoms with Crippen molar-refractivity contribution in [1.29, 1.82) is 5.26 Å². The van der Waals surface area contributed by atoms with E-state index in [1.165, 1.54) is 0 Å². The number of pyridine rings is 1. The topological polar surface area (TPSA) is 74.0 Å². The first-order valence-corrected chi connectivity index (χ1v) is 7.59. The smallest absolute Gasteiger partial charge is 0.338 e. The highest BCUT2D eigenvalue weighted by Crippen LogP contribution is 2.32. The summed E-state index contributed by atoms with van der Waals surface area (Å²) in [6.45, 7) is 7.75. The molecular formula is C19H20N2O2. The van der Waals surface area contributed by atoms with Crippen LogP contribution in [0.1, 0.15) is 46.7 Å². The van der Waals surface area contributed by atoms with Crippen molar-refractivity contribution < 1.29 is 9.90 Å². The highest BCUT2D eigenvalue weighted by Gasteiger charge is 2.23. The molecule has 2 aromatic rings. The van der Waals surface area contributed by atoms with Gasteiger partial charge < -0.3 is 5.11 Å². The Morgan fingerprint density at radius 1 is 1.26 bits per heavy atom. The second kappa shape index (κ2) is 6.62. The summed E-state index contributed by atoms with van der Waals surface area (Å²) < 4.78 is 0. The summed E-state index contributed by atoms with van der Waals surface area (Å²) in [6.07, 6.45) is 0.641. The molecule has 0 saturated carbocycles. The van der Waals surface area contributed by atoms with Gasteiger partial charge in [-0.15, -0.1) is 0 Å². The van der Waals surface area contributed by atoms with Crippen molar-refractivity contribution >= 4 is 5.97 Å². The molecule has 0 aliphatic carbocycles. The number of carboxylic acid groups (broad SMARTS) is 1. The number of aromatic nitrogens is 1. The van der Waals surface area contributed by atoms with Gasteiger partial charge in [0, 0.05) is 5.56 Å². The van der Waals surface area contributed by atoms with Crippen molar-refractivity contribution in [2.24, 2.45) is 5.92 Å². The minimum atomic E-state index is -1.06. The third-order valence-corrected chi connectivity index (χ3v) is 3.72. The van der Waals surface area contributed by atoms with Crippen molar-refractivity contribution in [2.75, 3.05) is 0 Å². The number of benzene rings is 1. The van der Waals surface area contributed by atoms with Crippen LogP contribution in [0.5, 0.6) is 0 Å². The summed E-state index contributed by atoms with van der Waals surface area (Å²) in [5, 5.41) is 19.2. The van der Waals surface area contributed by atoms with E-state index in [4.69, 9.17) is 0 Å². The Kier molecular flexibility index (Phi) is 4.80. The molecule has 0 fully saturated rings. The van der Waals surface area contributed by atoms with Gasteiger partial charge in [0.05, 0.1) is 22.5 Å². The number of nitrogens with zero attached hydrogens (tertiary/aromatic N) is 2. The fourth-order valence-corrected chi connectivity index (χ4v) is 2.69. The third kappa shape index (κ3) is 3.40. The third-order valence-electron chi connectivity index (χ3n) is 3.72. The highest BCUT2D eigenvalue weighted by molar-refractivity contribution is 5.99. The molecule has 0 unspecified atom stereocenters. The van der Waals surface area contributed by atoms with Crippen molar-refractivity contribution in [3.8, 4) is 17.2 Å². The molecule has 1 aromatic heterocycles. The van der Waals surface area contributed by atoms with Crippen molar-refractivity contribution in [3.63, 3.8) is 0 Å². The lowest BCUT2D eigenvalue weighted by Gasteiger charge is -2.16. The van der Waals surface area contributed by atoms with Crippen molar-refractivity contribution in [2.45, 2.75) is 34.1 Å². The average molecular weight is 308 g/mol. The Labute approximate surface area is 136 Å². The Balaban J connectivity index is 2.84. The molecule has 23 heavy (non-hydrogen) atoms. The zero-order valence-corrected chi connectivity index (χ0v) is 13.8. The summed E-state index contributed by atoms with van der Waals surface area (Å²) in [4.78, 5) is 16.1. The van der Waals surface area contributed by atoms with Gasteiger partial charge in [-0.3, -0.25) is 4.98 Å². The molecule has 1 aromatic carbocycles. The molecule has 0 aliphatic rings. The molecule has 0 radical (unpaired) electrons. The van der Waals surface area contributed by atoms with Crippen LogP contribution >= 0.6 is 0 Å². The van der Waals surface area contributed by atoms with E-state index in [1.54, 1.807) is 6.92 Å². The Hall–Kier alpha value is -2.67. The minimum absolute atomic E-state index is 0.109. The van der Waals surface area contributed by atoms with Gasteiger partial charge in [-0.2, -0.15) is 5.26 Å². The number of hydrogen-bond acceptors (Lipinski definition) is 3. The van der Waals surface area contributed by atoms with Gasteiger partial charge in [0.2, 0.25) is 0 Å². The largest absolute Gasteiger partial charge is 0.478 e. The lowest BCUT2D eigenvalue weighted by Crippen LogP contribution is -2.12. The van der Waals surface area contributed by atoms with E-state index in [1.807, 2.05) is 31.2 Å². The van der Waals surface area contributed by atoms with Gasteiger partial charge in [0.25, 0.3) is 0 Å². The van der Waals surface area contributed by atoms with E-state index < -0.39 is 5.97 Å². The highest BCUT2D eigenvalue weighted by atomic mass is 16.4. The fraction of sp³-hybridized carbons (Fsp3) is 0.316. The predicted octanol–water partition coefficient (Wildman–Crippen LogP) is 4.13. The Morgan fingerprint density at radius 3 is 2.35 bits per heavy atom. The summed E-state index contributed by atoms with van der Waals surface area (Å²) in [5.74, 6) is -0.728. The van der Waals surface area contributed by atoms with Gasteiger partial charge in [0.15, 0.2) is 0 Å². The molecule has 0 bridgehead atoms. The standard InChI is InChI=1S/C19H20N2O2/c1-11(2)9-16-15(10-20)18(14-7-5-12(3)6-8-14)17(19(22)23)13(4)21-16/h5-8,11H,9H2,1-4H3,(H,22,23). The van der Waals surface area contributed by atoms with Gasteiger partial charge in [-0.25, -0.2) is 4.79 Å². The maximum atomic E-state index is 11.7. The molecule has 1 N–H and O–H groups in total. The number of hydrogen-bond donors (Lipinski definition) is 1. The lowest BCUT2D eigenvalue weighted by atomic mass is 9.90. The summed E-state index contributed by atoms with van der Waals surface area (Å²) in [7, 11) is 0. The number of aryl methyl sites for hydroxylation is 2. The molecule has 118 valence electrons. The molecule has 0 amide bonds. The van der Waals surface area contributed by atoms with Crippen LogP contribution in [0, 0.1) is 31.1 Å². The zero-order valence-electron chi connectivity index (χ0n) is 13.8. The van der Waals surface area contributed by atoms with E-state index >= 15 is 0 Å². The molecule has 0 saturated heterocycles. The molecule has 4 heteroatoms. The first-order valence-electron chi connectivity index (χ1n) is 7.59. The first kappa shape index (κ1) is 16.7. The molecule has 0 spiro atoms. The maximum Gasteiger partial charge on any atom is 0.338 e. The Bertz CT molecular complexity index is 784. The Morgan fingerprint density at radius 2 is 1.87 bits per heavy atom. The maximum absolute atomic E-state index is 11.7. The summed E-state index contributed by atoms with van der Waals surface area (Å²) >= 11 is 0. The summed E-state index contributed by atoms with van der Waals surface area (Å²) in [6, 6.07) is 9.73. The molecule has 0 atom stereocenters. The monoisotopic (exact) mass is 308 g/mol. The van der Waals surface area contributed by atoms with Gasteiger partial charge in [-0.1, -0.05) is 43.7 Å².